The Kier molecular flexibility index (Phi) is 2.93. The summed E-state index contributed by atoms with van der Waals surface area (Å²) in [6.07, 6.45) is 0. The Balaban J connectivity index is 2.12. The third-order valence-electron chi connectivity index (χ3n) is 4.64. The molecule has 128 valence electrons. The molecule has 0 aromatic heterocycles. The molecule has 0 aliphatic heterocycles. The lowest BCUT2D eigenvalue weighted by Gasteiger charge is -2.23. The molecule has 0 saturated heterocycles. The fourth-order valence-electron chi connectivity index (χ4n) is 3.53. The van der Waals surface area contributed by atoms with Crippen LogP contribution in [-0.2, 0) is 0 Å². The molecule has 0 bridgehead atoms. The van der Waals surface area contributed by atoms with Gasteiger partial charge in [0.05, 0.1) is 0 Å². The summed E-state index contributed by atoms with van der Waals surface area (Å²) in [7, 11) is 0. The summed E-state index contributed by atoms with van der Waals surface area (Å²) in [6, 6.07) is 0.315. The lowest BCUT2D eigenvalue weighted by Crippen LogP contribution is -2.43. The first-order valence-electron chi connectivity index (χ1n) is 7.29. The zero-order valence-corrected chi connectivity index (χ0v) is 12.6. The molecule has 0 unspecified atom stereocenters. The second-order valence-corrected chi connectivity index (χ2v) is 5.90. The number of Topliss-reactive ketones (excluding diaryl/α,β-unsaturated/α-hetero) is 4. The van der Waals surface area contributed by atoms with Crippen LogP contribution in [0.4, 0.5) is 0 Å². The summed E-state index contributed by atoms with van der Waals surface area (Å²) in [6.45, 7) is 0. The number of rotatable bonds is 2. The van der Waals surface area contributed by atoms with Gasteiger partial charge in [0.25, 0.3) is 0 Å². The molecule has 2 aromatic rings. The zero-order valence-electron chi connectivity index (χ0n) is 12.6. The predicted octanol–water partition coefficient (Wildman–Crippen LogP) is 0.888. The Morgan fingerprint density at radius 1 is 0.577 bits per heavy atom. The lowest BCUT2D eigenvalue weighted by molar-refractivity contribution is -0.488. The van der Waals surface area contributed by atoms with Gasteiger partial charge in [-0.1, -0.05) is 0 Å². The highest BCUT2D eigenvalue weighted by atomic mass is 16.6. The van der Waals surface area contributed by atoms with Crippen molar-refractivity contribution in [2.75, 3.05) is 0 Å². The van der Waals surface area contributed by atoms with Gasteiger partial charge in [-0.15, -0.1) is 0 Å². The van der Waals surface area contributed by atoms with E-state index in [0.717, 1.165) is 24.3 Å². The molecule has 2 aromatic carbocycles. The Morgan fingerprint density at radius 2 is 0.808 bits per heavy atom. The van der Waals surface area contributed by atoms with E-state index in [9.17, 15) is 39.4 Å². The third kappa shape index (κ3) is 1.69. The number of hydrogen-bond acceptors (Lipinski definition) is 8. The van der Waals surface area contributed by atoms with Crippen molar-refractivity contribution in [1.82, 2.24) is 0 Å². The van der Waals surface area contributed by atoms with Crippen LogP contribution < -0.4 is 0 Å². The van der Waals surface area contributed by atoms with E-state index in [1.165, 1.54) is 0 Å². The highest BCUT2D eigenvalue weighted by Crippen LogP contribution is 2.38. The van der Waals surface area contributed by atoms with E-state index in [1.807, 2.05) is 0 Å². The summed E-state index contributed by atoms with van der Waals surface area (Å²) in [5, 5.41) is 22.1. The molecule has 0 N–H and O–H groups in total. The Hall–Kier alpha value is -3.82. The smallest absolute Gasteiger partial charge is 0.286 e. The summed E-state index contributed by atoms with van der Waals surface area (Å²) in [5.41, 5.74) is -0.659. The molecular weight excluding hydrogens is 348 g/mol. The maximum Gasteiger partial charge on any atom is 0.336 e. The normalized spacial score (nSPS) is 17.1. The number of nitrogens with zero attached hydrogens (tertiary/aromatic N) is 2. The predicted molar refractivity (Wildman–Crippen MR) is 82.8 cm³/mol. The minimum absolute atomic E-state index is 0.0448. The molecule has 10 nitrogen and oxygen atoms in total. The number of hydrogen-bond donors (Lipinski definition) is 0. The van der Waals surface area contributed by atoms with Crippen molar-refractivity contribution in [2.45, 2.75) is 12.1 Å². The standard InChI is InChI=1S/C16H6N2O8/c19-13-5-1-2-6-10-8(16(22)12(14(6)20)18(25)26)4-3-7(9(5)10)15(21)11(13)17(23)24/h1-4,11-12H. The van der Waals surface area contributed by atoms with Gasteiger partial charge in [-0.25, -0.2) is 0 Å². The van der Waals surface area contributed by atoms with E-state index in [4.69, 9.17) is 0 Å². The van der Waals surface area contributed by atoms with E-state index < -0.39 is 45.1 Å². The first kappa shape index (κ1) is 15.7. The average molecular weight is 354 g/mol. The van der Waals surface area contributed by atoms with Crippen molar-refractivity contribution < 1.29 is 29.0 Å². The van der Waals surface area contributed by atoms with E-state index in [-0.39, 0.29) is 33.0 Å². The molecule has 0 radical (unpaired) electrons. The van der Waals surface area contributed by atoms with Crippen molar-refractivity contribution in [3.63, 3.8) is 0 Å². The van der Waals surface area contributed by atoms with Crippen LogP contribution in [0.25, 0.3) is 10.8 Å². The second-order valence-electron chi connectivity index (χ2n) is 5.90. The van der Waals surface area contributed by atoms with E-state index >= 15 is 0 Å². The average Bonchev–Trinajstić information content (AvgIpc) is 2.57. The number of nitro groups is 2. The van der Waals surface area contributed by atoms with Crippen molar-refractivity contribution in [1.29, 1.82) is 0 Å². The maximum absolute atomic E-state index is 12.4. The fraction of sp³-hybridized carbons (Fsp3) is 0.125. The van der Waals surface area contributed by atoms with E-state index in [1.54, 1.807) is 0 Å². The third-order valence-corrected chi connectivity index (χ3v) is 4.64. The molecule has 0 amide bonds. The minimum Gasteiger partial charge on any atom is -0.286 e. The van der Waals surface area contributed by atoms with Gasteiger partial charge < -0.3 is 0 Å². The van der Waals surface area contributed by atoms with Gasteiger partial charge in [-0.2, -0.15) is 0 Å². The quantitative estimate of drug-likeness (QED) is 0.437. The Morgan fingerprint density at radius 3 is 1.00 bits per heavy atom. The van der Waals surface area contributed by atoms with Crippen molar-refractivity contribution in [3.8, 4) is 0 Å². The molecule has 2 aliphatic carbocycles. The molecule has 4 rings (SSSR count). The van der Waals surface area contributed by atoms with Crippen LogP contribution >= 0.6 is 0 Å². The van der Waals surface area contributed by atoms with Crippen molar-refractivity contribution >= 4 is 33.9 Å². The topological polar surface area (TPSA) is 155 Å². The highest BCUT2D eigenvalue weighted by molar-refractivity contribution is 6.37. The SMILES string of the molecule is O=C1c2ccc3c4c(ccc(c24)C(=O)C1[N+](=O)[O-])C(=O)C([N+](=O)[O-])C3=O. The molecule has 0 atom stereocenters. The van der Waals surface area contributed by atoms with Gasteiger partial charge >= 0.3 is 12.1 Å². The Labute approximate surface area is 142 Å². The maximum atomic E-state index is 12.4. The fourth-order valence-corrected chi connectivity index (χ4v) is 3.53. The van der Waals surface area contributed by atoms with Crippen LogP contribution in [0.1, 0.15) is 41.4 Å². The van der Waals surface area contributed by atoms with E-state index in [2.05, 4.69) is 0 Å². The van der Waals surface area contributed by atoms with Crippen LogP contribution in [-0.4, -0.2) is 45.1 Å². The molecule has 0 saturated carbocycles. The van der Waals surface area contributed by atoms with Crippen molar-refractivity contribution in [2.24, 2.45) is 0 Å². The minimum atomic E-state index is -2.09. The summed E-state index contributed by atoms with van der Waals surface area (Å²) in [5.74, 6) is -4.19. The van der Waals surface area contributed by atoms with Crippen LogP contribution in [0.15, 0.2) is 24.3 Å². The number of carbonyl (C=O) groups is 4. The van der Waals surface area contributed by atoms with Gasteiger partial charge in [0.2, 0.25) is 23.1 Å². The first-order valence-corrected chi connectivity index (χ1v) is 7.29. The van der Waals surface area contributed by atoms with Gasteiger partial charge in [-0.3, -0.25) is 39.4 Å². The Bertz CT molecular complexity index is 974. The van der Waals surface area contributed by atoms with Gasteiger partial charge in [0.15, 0.2) is 0 Å². The monoisotopic (exact) mass is 354 g/mol. The molecule has 0 spiro atoms. The summed E-state index contributed by atoms with van der Waals surface area (Å²) >= 11 is 0. The second kappa shape index (κ2) is 4.85. The first-order chi connectivity index (χ1) is 12.3. The van der Waals surface area contributed by atoms with Gasteiger partial charge in [0.1, 0.15) is 0 Å². The van der Waals surface area contributed by atoms with E-state index in [0.29, 0.717) is 0 Å². The summed E-state index contributed by atoms with van der Waals surface area (Å²) in [4.78, 5) is 69.7. The number of benzene rings is 2. The molecule has 2 aliphatic rings. The molecular formula is C16H6N2O8. The largest absolute Gasteiger partial charge is 0.336 e. The highest BCUT2D eigenvalue weighted by Gasteiger charge is 2.49. The zero-order chi connectivity index (χ0) is 18.9. The molecule has 0 heterocycles. The lowest BCUT2D eigenvalue weighted by atomic mass is 9.76. The number of carbonyl (C=O) groups excluding carboxylic acids is 4. The van der Waals surface area contributed by atoms with Crippen LogP contribution in [0, 0.1) is 20.2 Å². The van der Waals surface area contributed by atoms with Crippen LogP contribution in [0.5, 0.6) is 0 Å². The van der Waals surface area contributed by atoms with Crippen LogP contribution in [0.2, 0.25) is 0 Å². The van der Waals surface area contributed by atoms with Crippen LogP contribution in [0.3, 0.4) is 0 Å². The van der Waals surface area contributed by atoms with Gasteiger partial charge in [0, 0.05) is 42.9 Å². The molecule has 26 heavy (non-hydrogen) atoms. The van der Waals surface area contributed by atoms with Crippen molar-refractivity contribution in [3.05, 3.63) is 66.7 Å². The number of ketones is 4. The summed E-state index contributed by atoms with van der Waals surface area (Å²) < 4.78 is 0. The molecule has 10 heteroatoms. The molecule has 0 fully saturated rings. The van der Waals surface area contributed by atoms with Gasteiger partial charge in [-0.05, 0) is 24.3 Å².